The number of carbonyl (C=O) groups excluding carboxylic acids is 1. The maximum absolute atomic E-state index is 13.4. The van der Waals surface area contributed by atoms with E-state index in [1.54, 1.807) is 11.0 Å². The molecule has 1 aromatic rings. The Kier molecular flexibility index (Phi) is 3.88. The summed E-state index contributed by atoms with van der Waals surface area (Å²) in [6.45, 7) is 5.38. The molecule has 2 rings (SSSR count). The van der Waals surface area contributed by atoms with Gasteiger partial charge in [0.05, 0.1) is 5.02 Å². The van der Waals surface area contributed by atoms with Gasteiger partial charge in [-0.05, 0) is 32.0 Å². The number of nitrogens with one attached hydrogen (secondary N) is 1. The van der Waals surface area contributed by atoms with Crippen molar-refractivity contribution in [1.29, 1.82) is 0 Å². The first-order valence-electron chi connectivity index (χ1n) is 5.98. The molecule has 1 N–H and O–H groups in total. The molecule has 18 heavy (non-hydrogen) atoms. The normalized spacial score (nSPS) is 24.1. The summed E-state index contributed by atoms with van der Waals surface area (Å²) in [7, 11) is 0. The second-order valence-electron chi connectivity index (χ2n) is 4.74. The smallest absolute Gasteiger partial charge is 0.254 e. The molecule has 98 valence electrons. The van der Waals surface area contributed by atoms with E-state index in [1.807, 2.05) is 13.8 Å². The number of hydrogen-bond acceptors (Lipinski definition) is 2. The average Bonchev–Trinajstić information content (AvgIpc) is 2.35. The molecular weight excluding hydrogens is 255 g/mol. The monoisotopic (exact) mass is 270 g/mol. The number of rotatable bonds is 1. The number of amides is 1. The van der Waals surface area contributed by atoms with Gasteiger partial charge in [0.15, 0.2) is 0 Å². The topological polar surface area (TPSA) is 32.3 Å². The molecule has 0 spiro atoms. The quantitative estimate of drug-likeness (QED) is 0.849. The minimum atomic E-state index is -0.557. The molecule has 1 aliphatic heterocycles. The lowest BCUT2D eigenvalue weighted by atomic mass is 10.1. The molecule has 3 nitrogen and oxygen atoms in total. The fraction of sp³-hybridized carbons (Fsp3) is 0.462. The van der Waals surface area contributed by atoms with Gasteiger partial charge in [-0.25, -0.2) is 4.39 Å². The Bertz CT molecular complexity index is 466. The summed E-state index contributed by atoms with van der Waals surface area (Å²) in [5.41, 5.74) is 0.345. The number of benzene rings is 1. The van der Waals surface area contributed by atoms with Crippen LogP contribution in [0.5, 0.6) is 0 Å². The Balaban J connectivity index is 2.21. The molecule has 0 radical (unpaired) electrons. The molecule has 0 bridgehead atoms. The Morgan fingerprint density at radius 1 is 1.50 bits per heavy atom. The summed E-state index contributed by atoms with van der Waals surface area (Å²) >= 11 is 5.61. The molecule has 2 unspecified atom stereocenters. The third-order valence-electron chi connectivity index (χ3n) is 3.19. The van der Waals surface area contributed by atoms with E-state index in [4.69, 9.17) is 11.6 Å². The van der Waals surface area contributed by atoms with E-state index >= 15 is 0 Å². The predicted octanol–water partition coefficient (Wildman–Crippen LogP) is 2.30. The largest absolute Gasteiger partial charge is 0.333 e. The molecule has 0 aliphatic carbocycles. The van der Waals surface area contributed by atoms with Crippen molar-refractivity contribution in [3.05, 3.63) is 34.6 Å². The van der Waals surface area contributed by atoms with Gasteiger partial charge < -0.3 is 10.2 Å². The maximum atomic E-state index is 13.4. The standard InChI is InChI=1S/C13H16ClFN2O/c1-8-7-17(9(2)6-16-8)13(18)10-3-4-11(14)12(15)5-10/h3-5,8-9,16H,6-7H2,1-2H3. The number of nitrogens with zero attached hydrogens (tertiary/aromatic N) is 1. The van der Waals surface area contributed by atoms with Crippen molar-refractivity contribution < 1.29 is 9.18 Å². The second-order valence-corrected chi connectivity index (χ2v) is 5.15. The molecule has 1 saturated heterocycles. The van der Waals surface area contributed by atoms with Crippen LogP contribution in [0, 0.1) is 5.82 Å². The number of halogens is 2. The highest BCUT2D eigenvalue weighted by Gasteiger charge is 2.27. The predicted molar refractivity (Wildman–Crippen MR) is 69.4 cm³/mol. The van der Waals surface area contributed by atoms with Crippen LogP contribution in [-0.2, 0) is 0 Å². The summed E-state index contributed by atoms with van der Waals surface area (Å²) in [6.07, 6.45) is 0. The highest BCUT2D eigenvalue weighted by atomic mass is 35.5. The first-order valence-corrected chi connectivity index (χ1v) is 6.36. The van der Waals surface area contributed by atoms with Crippen LogP contribution in [0.2, 0.25) is 5.02 Å². The average molecular weight is 271 g/mol. The number of hydrogen-bond donors (Lipinski definition) is 1. The van der Waals surface area contributed by atoms with Crippen molar-refractivity contribution in [2.45, 2.75) is 25.9 Å². The van der Waals surface area contributed by atoms with Crippen LogP contribution < -0.4 is 5.32 Å². The van der Waals surface area contributed by atoms with Gasteiger partial charge in [0.2, 0.25) is 0 Å². The third-order valence-corrected chi connectivity index (χ3v) is 3.50. The molecule has 1 fully saturated rings. The summed E-state index contributed by atoms with van der Waals surface area (Å²) in [4.78, 5) is 14.1. The first kappa shape index (κ1) is 13.3. The minimum Gasteiger partial charge on any atom is -0.333 e. The van der Waals surface area contributed by atoms with Crippen molar-refractivity contribution in [2.75, 3.05) is 13.1 Å². The second kappa shape index (κ2) is 5.24. The van der Waals surface area contributed by atoms with Gasteiger partial charge in [0.25, 0.3) is 5.91 Å². The van der Waals surface area contributed by atoms with Gasteiger partial charge >= 0.3 is 0 Å². The lowest BCUT2D eigenvalue weighted by Gasteiger charge is -2.37. The first-order chi connectivity index (χ1) is 8.49. The van der Waals surface area contributed by atoms with Gasteiger partial charge in [0, 0.05) is 30.7 Å². The maximum Gasteiger partial charge on any atom is 0.254 e. The molecule has 0 aromatic heterocycles. The third kappa shape index (κ3) is 2.65. The van der Waals surface area contributed by atoms with Gasteiger partial charge in [-0.3, -0.25) is 4.79 Å². The summed E-state index contributed by atoms with van der Waals surface area (Å²) in [6, 6.07) is 4.53. The molecule has 2 atom stereocenters. The van der Waals surface area contributed by atoms with Crippen molar-refractivity contribution >= 4 is 17.5 Å². The van der Waals surface area contributed by atoms with Crippen molar-refractivity contribution in [3.8, 4) is 0 Å². The van der Waals surface area contributed by atoms with E-state index in [0.717, 1.165) is 6.54 Å². The molecule has 5 heteroatoms. The molecule has 0 saturated carbocycles. The minimum absolute atomic E-state index is 0.0354. The van der Waals surface area contributed by atoms with Crippen molar-refractivity contribution in [3.63, 3.8) is 0 Å². The van der Waals surface area contributed by atoms with Crippen molar-refractivity contribution in [1.82, 2.24) is 10.2 Å². The number of piperazine rings is 1. The Labute approximate surface area is 111 Å². The van der Waals surface area contributed by atoms with E-state index in [-0.39, 0.29) is 23.0 Å². The lowest BCUT2D eigenvalue weighted by molar-refractivity contribution is 0.0616. The SMILES string of the molecule is CC1CN(C(=O)c2ccc(Cl)c(F)c2)C(C)CN1. The van der Waals surface area contributed by atoms with Crippen LogP contribution in [0.25, 0.3) is 0 Å². The van der Waals surface area contributed by atoms with Crippen LogP contribution in [0.1, 0.15) is 24.2 Å². The van der Waals surface area contributed by atoms with E-state index in [9.17, 15) is 9.18 Å². The zero-order chi connectivity index (χ0) is 13.3. The summed E-state index contributed by atoms with van der Waals surface area (Å²) in [5.74, 6) is -0.704. The fourth-order valence-corrected chi connectivity index (χ4v) is 2.22. The Hall–Kier alpha value is -1.13. The zero-order valence-corrected chi connectivity index (χ0v) is 11.2. The van der Waals surface area contributed by atoms with Crippen LogP contribution in [0.3, 0.4) is 0 Å². The van der Waals surface area contributed by atoms with Crippen LogP contribution in [-0.4, -0.2) is 36.0 Å². The van der Waals surface area contributed by atoms with Crippen LogP contribution in [0.4, 0.5) is 4.39 Å². The molecule has 1 amide bonds. The fourth-order valence-electron chi connectivity index (χ4n) is 2.10. The summed E-state index contributed by atoms with van der Waals surface area (Å²) in [5, 5.41) is 3.33. The van der Waals surface area contributed by atoms with Crippen LogP contribution >= 0.6 is 11.6 Å². The van der Waals surface area contributed by atoms with Gasteiger partial charge in [-0.1, -0.05) is 11.6 Å². The summed E-state index contributed by atoms with van der Waals surface area (Å²) < 4.78 is 13.4. The Morgan fingerprint density at radius 3 is 2.89 bits per heavy atom. The van der Waals surface area contributed by atoms with Crippen molar-refractivity contribution in [2.24, 2.45) is 0 Å². The molecule has 1 aliphatic rings. The van der Waals surface area contributed by atoms with E-state index in [1.165, 1.54) is 12.1 Å². The number of carbonyl (C=O) groups is 1. The molecule has 1 heterocycles. The van der Waals surface area contributed by atoms with Gasteiger partial charge in [0.1, 0.15) is 5.82 Å². The van der Waals surface area contributed by atoms with E-state index in [0.29, 0.717) is 12.1 Å². The van der Waals surface area contributed by atoms with E-state index < -0.39 is 5.82 Å². The highest BCUT2D eigenvalue weighted by molar-refractivity contribution is 6.30. The zero-order valence-electron chi connectivity index (χ0n) is 10.4. The molecular formula is C13H16ClFN2O. The highest BCUT2D eigenvalue weighted by Crippen LogP contribution is 2.18. The van der Waals surface area contributed by atoms with Gasteiger partial charge in [-0.2, -0.15) is 0 Å². The van der Waals surface area contributed by atoms with Gasteiger partial charge in [-0.15, -0.1) is 0 Å². The molecule has 1 aromatic carbocycles. The van der Waals surface area contributed by atoms with E-state index in [2.05, 4.69) is 5.32 Å². The Morgan fingerprint density at radius 2 is 2.22 bits per heavy atom. The van der Waals surface area contributed by atoms with Crippen LogP contribution in [0.15, 0.2) is 18.2 Å². The lowest BCUT2D eigenvalue weighted by Crippen LogP contribution is -2.56.